The van der Waals surface area contributed by atoms with Gasteiger partial charge >= 0.3 is 8.03 Å². The predicted molar refractivity (Wildman–Crippen MR) is 42.5 cm³/mol. The van der Waals surface area contributed by atoms with E-state index in [1.54, 1.807) is 0 Å². The average Bonchev–Trinajstić information content (AvgIpc) is 1.12. The molecule has 0 aromatic carbocycles. The van der Waals surface area contributed by atoms with Crippen LogP contribution in [0.5, 0.6) is 0 Å². The van der Waals surface area contributed by atoms with E-state index < -0.39 is 8.03 Å². The monoisotopic (exact) mass is 372 g/mol. The zero-order valence-corrected chi connectivity index (χ0v) is 9.54. The van der Waals surface area contributed by atoms with Crippen molar-refractivity contribution in [2.24, 2.45) is 0 Å². The summed E-state index contributed by atoms with van der Waals surface area (Å²) in [5.74, 6) is 0. The Labute approximate surface area is 84.7 Å². The van der Waals surface area contributed by atoms with Crippen LogP contribution in [0.2, 0.25) is 0 Å². The first-order chi connectivity index (χ1) is 4.00. The second kappa shape index (κ2) is 5.16. The van der Waals surface area contributed by atoms with Gasteiger partial charge in [-0.3, -0.25) is 0 Å². The molecular formula is C2Br3ClF4. The number of hydrogen-bond donors (Lipinski definition) is 0. The topological polar surface area (TPSA) is 0 Å². The fourth-order valence-electron chi connectivity index (χ4n) is 0. The van der Waals surface area contributed by atoms with Crippen LogP contribution in [-0.2, 0) is 0 Å². The quantitative estimate of drug-likeness (QED) is 0.432. The molecule has 0 unspecified atom stereocenters. The van der Waals surface area contributed by atoms with Crippen molar-refractivity contribution in [3.63, 3.8) is 0 Å². The molecule has 0 nitrogen and oxygen atoms in total. The second-order valence-corrected chi connectivity index (χ2v) is 5.84. The van der Waals surface area contributed by atoms with Crippen LogP contribution < -0.4 is 0 Å². The van der Waals surface area contributed by atoms with E-state index in [2.05, 4.69) is 11.6 Å². The van der Waals surface area contributed by atoms with Crippen molar-refractivity contribution in [1.29, 1.82) is 0 Å². The molecule has 0 radical (unpaired) electrons. The van der Waals surface area contributed by atoms with Crippen molar-refractivity contribution in [3.8, 4) is 0 Å². The van der Waals surface area contributed by atoms with E-state index in [4.69, 9.17) is 0 Å². The number of alkyl halides is 8. The molecule has 0 amide bonds. The summed E-state index contributed by atoms with van der Waals surface area (Å²) in [6.07, 6.45) is 0. The fourth-order valence-corrected chi connectivity index (χ4v) is 0. The van der Waals surface area contributed by atoms with E-state index in [-0.39, 0.29) is 0 Å². The van der Waals surface area contributed by atoms with Gasteiger partial charge < -0.3 is 0 Å². The molecule has 64 valence electrons. The van der Waals surface area contributed by atoms with Crippen LogP contribution in [0.3, 0.4) is 0 Å². The lowest BCUT2D eigenvalue weighted by Gasteiger charge is -1.88. The van der Waals surface area contributed by atoms with Crippen molar-refractivity contribution in [2.75, 3.05) is 0 Å². The maximum Gasteiger partial charge on any atom is 0.378 e. The molecule has 0 fully saturated rings. The molecule has 0 saturated carbocycles. The van der Waals surface area contributed by atoms with E-state index in [9.17, 15) is 17.6 Å². The maximum atomic E-state index is 10.9. The van der Waals surface area contributed by atoms with Gasteiger partial charge in [0.05, 0.1) is 0 Å². The number of hydrogen-bond acceptors (Lipinski definition) is 0. The van der Waals surface area contributed by atoms with Crippen molar-refractivity contribution in [1.82, 2.24) is 0 Å². The molecule has 10 heavy (non-hydrogen) atoms. The maximum absolute atomic E-state index is 10.9. The summed E-state index contributed by atoms with van der Waals surface area (Å²) in [5.41, 5.74) is 0. The first-order valence-corrected chi connectivity index (χ1v) is 4.27. The molecule has 0 rings (SSSR count). The SMILES string of the molecule is FC(F)(Br)Br.FC(F)(Cl)Br. The average molecular weight is 375 g/mol. The normalized spacial score (nSPS) is 12.0. The Bertz CT molecular complexity index is 61.5. The largest absolute Gasteiger partial charge is 0.378 e. The second-order valence-electron chi connectivity index (χ2n) is 0.857. The summed E-state index contributed by atoms with van der Waals surface area (Å²) in [6, 6.07) is 0. The Morgan fingerprint density at radius 1 is 0.900 bits per heavy atom. The molecule has 0 N–H and O–H groups in total. The van der Waals surface area contributed by atoms with Crippen LogP contribution in [0, 0.1) is 0 Å². The Morgan fingerprint density at radius 3 is 0.900 bits per heavy atom. The molecule has 0 atom stereocenters. The smallest absolute Gasteiger partial charge is 0.181 e. The van der Waals surface area contributed by atoms with Gasteiger partial charge in [0, 0.05) is 47.8 Å². The first kappa shape index (κ1) is 14.0. The van der Waals surface area contributed by atoms with Crippen molar-refractivity contribution in [3.05, 3.63) is 0 Å². The van der Waals surface area contributed by atoms with Crippen molar-refractivity contribution in [2.45, 2.75) is 8.03 Å². The molecule has 0 aromatic rings. The molecule has 0 bridgehead atoms. The van der Waals surface area contributed by atoms with Crippen LogP contribution in [0.15, 0.2) is 0 Å². The van der Waals surface area contributed by atoms with E-state index in [0.717, 1.165) is 0 Å². The molecule has 0 heterocycles. The van der Waals surface area contributed by atoms with Gasteiger partial charge in [0.25, 0.3) is 0 Å². The third-order valence-electron chi connectivity index (χ3n) is 0. The molecule has 0 aromatic heterocycles. The minimum absolute atomic E-state index is 1.81. The molecule has 0 spiro atoms. The molecule has 0 saturated heterocycles. The Kier molecular flexibility index (Phi) is 7.22. The van der Waals surface area contributed by atoms with Gasteiger partial charge in [-0.2, -0.15) is 17.6 Å². The Hall–Kier alpha value is 1.45. The summed E-state index contributed by atoms with van der Waals surface area (Å²) < 4.78 is 37.0. The molecule has 0 aliphatic heterocycles. The van der Waals surface area contributed by atoms with Gasteiger partial charge in [-0.15, -0.1) is 0 Å². The molecular weight excluding hydrogens is 375 g/mol. The summed E-state index contributed by atoms with van der Waals surface area (Å²) in [6.45, 7) is 0. The van der Waals surface area contributed by atoms with Gasteiger partial charge in [0.15, 0.2) is 0 Å². The zero-order valence-electron chi connectivity index (χ0n) is 4.02. The van der Waals surface area contributed by atoms with Gasteiger partial charge in [-0.25, -0.2) is 0 Å². The third-order valence-corrected chi connectivity index (χ3v) is 0. The number of halogens is 8. The van der Waals surface area contributed by atoms with Crippen molar-refractivity contribution >= 4 is 59.4 Å². The van der Waals surface area contributed by atoms with E-state index in [1.807, 2.05) is 47.8 Å². The number of rotatable bonds is 0. The van der Waals surface area contributed by atoms with Crippen LogP contribution >= 0.6 is 59.4 Å². The highest BCUT2D eigenvalue weighted by molar-refractivity contribution is 9.25. The van der Waals surface area contributed by atoms with Gasteiger partial charge in [0.1, 0.15) is 0 Å². The van der Waals surface area contributed by atoms with Gasteiger partial charge in [0.2, 0.25) is 0 Å². The van der Waals surface area contributed by atoms with Crippen LogP contribution in [0.25, 0.3) is 0 Å². The summed E-state index contributed by atoms with van der Waals surface area (Å²) in [7, 11) is 0. The summed E-state index contributed by atoms with van der Waals surface area (Å²) >= 11 is 9.84. The zero-order chi connectivity index (χ0) is 9.00. The summed E-state index contributed by atoms with van der Waals surface area (Å²) in [5, 5.41) is 0. The van der Waals surface area contributed by atoms with E-state index in [1.165, 1.54) is 0 Å². The fraction of sp³-hybridized carbons (Fsp3) is 1.00. The highest BCUT2D eigenvalue weighted by Crippen LogP contribution is 2.28. The van der Waals surface area contributed by atoms with Gasteiger partial charge in [-0.1, -0.05) is 0 Å². The van der Waals surface area contributed by atoms with Crippen LogP contribution in [-0.4, -0.2) is 8.03 Å². The van der Waals surface area contributed by atoms with Gasteiger partial charge in [-0.05, 0) is 11.6 Å². The molecule has 0 aliphatic rings. The highest BCUT2D eigenvalue weighted by Gasteiger charge is 2.16. The minimum atomic E-state index is -3.22. The van der Waals surface area contributed by atoms with Crippen LogP contribution in [0.1, 0.15) is 0 Å². The third kappa shape index (κ3) is 321. The lowest BCUT2D eigenvalue weighted by Crippen LogP contribution is -1.85. The van der Waals surface area contributed by atoms with Crippen molar-refractivity contribution < 1.29 is 17.6 Å². The van der Waals surface area contributed by atoms with E-state index >= 15 is 0 Å². The Balaban J connectivity index is 0. The lowest BCUT2D eigenvalue weighted by molar-refractivity contribution is 0.212. The highest BCUT2D eigenvalue weighted by atomic mass is 79.9. The van der Waals surface area contributed by atoms with E-state index in [0.29, 0.717) is 0 Å². The Morgan fingerprint density at radius 2 is 0.900 bits per heavy atom. The molecule has 0 aliphatic carbocycles. The summed E-state index contributed by atoms with van der Waals surface area (Å²) in [4.78, 5) is 0. The van der Waals surface area contributed by atoms with Crippen LogP contribution in [0.4, 0.5) is 17.6 Å². The first-order valence-electron chi connectivity index (χ1n) is 1.51. The lowest BCUT2D eigenvalue weighted by atomic mass is 11.7. The molecule has 8 heteroatoms. The standard InChI is InChI=1S/CBr2F2.CBrClF2/c2*2-1(3,4)5. The predicted octanol–water partition coefficient (Wildman–Crippen LogP) is 4.50. The minimum Gasteiger partial charge on any atom is -0.181 e.